The number of carbonyl (C=O) groups is 1. The van der Waals surface area contributed by atoms with Crippen LogP contribution in [0, 0.1) is 0 Å². The van der Waals surface area contributed by atoms with Crippen molar-refractivity contribution in [2.45, 2.75) is 26.7 Å². The molecule has 0 bridgehead atoms. The molecule has 0 aliphatic rings. The van der Waals surface area contributed by atoms with Crippen LogP contribution < -0.4 is 0 Å². The van der Waals surface area contributed by atoms with E-state index in [0.717, 1.165) is 30.4 Å². The molecule has 0 saturated carbocycles. The third-order valence-electron chi connectivity index (χ3n) is 2.15. The van der Waals surface area contributed by atoms with Crippen molar-refractivity contribution in [2.75, 3.05) is 13.1 Å². The number of nitrogens with one attached hydrogen (secondary N) is 1. The van der Waals surface area contributed by atoms with E-state index in [1.165, 1.54) is 0 Å². The van der Waals surface area contributed by atoms with Crippen LogP contribution in [0.5, 0.6) is 0 Å². The van der Waals surface area contributed by atoms with Gasteiger partial charge < -0.3 is 9.88 Å². The molecule has 1 N–H and O–H groups in total. The summed E-state index contributed by atoms with van der Waals surface area (Å²) >= 11 is 3.33. The minimum Gasteiger partial charge on any atom is -0.356 e. The number of H-pyrrole nitrogens is 1. The molecule has 84 valence electrons. The monoisotopic (exact) mass is 272 g/mol. The van der Waals surface area contributed by atoms with E-state index in [4.69, 9.17) is 0 Å². The van der Waals surface area contributed by atoms with Crippen molar-refractivity contribution in [1.82, 2.24) is 9.88 Å². The molecule has 1 aromatic heterocycles. The predicted molar refractivity (Wildman–Crippen MR) is 65.0 cm³/mol. The summed E-state index contributed by atoms with van der Waals surface area (Å²) in [6.45, 7) is 5.81. The lowest BCUT2D eigenvalue weighted by molar-refractivity contribution is 0.0750. The number of halogens is 1. The minimum atomic E-state index is 0.0874. The van der Waals surface area contributed by atoms with Crippen LogP contribution in [0.15, 0.2) is 16.7 Å². The van der Waals surface area contributed by atoms with Gasteiger partial charge in [0.2, 0.25) is 0 Å². The summed E-state index contributed by atoms with van der Waals surface area (Å²) in [7, 11) is 0. The Morgan fingerprint density at radius 2 is 2.00 bits per heavy atom. The topological polar surface area (TPSA) is 36.1 Å². The van der Waals surface area contributed by atoms with E-state index in [0.29, 0.717) is 5.69 Å². The lowest BCUT2D eigenvalue weighted by atomic mass is 10.3. The predicted octanol–water partition coefficient (Wildman–Crippen LogP) is 3.04. The summed E-state index contributed by atoms with van der Waals surface area (Å²) in [4.78, 5) is 16.9. The number of aromatic amines is 1. The van der Waals surface area contributed by atoms with Gasteiger partial charge in [0, 0.05) is 23.8 Å². The minimum absolute atomic E-state index is 0.0874. The molecule has 0 aliphatic carbocycles. The number of rotatable bonds is 5. The molecule has 0 saturated heterocycles. The molecular formula is C11H17BrN2O. The van der Waals surface area contributed by atoms with E-state index in [2.05, 4.69) is 34.8 Å². The number of nitrogens with zero attached hydrogens (tertiary/aromatic N) is 1. The average molecular weight is 273 g/mol. The zero-order chi connectivity index (χ0) is 11.3. The normalized spacial score (nSPS) is 10.3. The van der Waals surface area contributed by atoms with Crippen LogP contribution >= 0.6 is 15.9 Å². The largest absolute Gasteiger partial charge is 0.356 e. The SMILES string of the molecule is CCCN(CCC)C(=O)c1cc(Br)c[nH]1. The first-order valence-corrected chi connectivity index (χ1v) is 6.11. The Hall–Kier alpha value is -0.770. The highest BCUT2D eigenvalue weighted by Gasteiger charge is 2.15. The van der Waals surface area contributed by atoms with Crippen LogP contribution in [0.25, 0.3) is 0 Å². The molecule has 0 atom stereocenters. The first-order valence-electron chi connectivity index (χ1n) is 5.32. The van der Waals surface area contributed by atoms with Crippen molar-refractivity contribution < 1.29 is 4.79 Å². The molecular weight excluding hydrogens is 256 g/mol. The van der Waals surface area contributed by atoms with Gasteiger partial charge >= 0.3 is 0 Å². The van der Waals surface area contributed by atoms with Crippen LogP contribution in [0.2, 0.25) is 0 Å². The molecule has 0 fully saturated rings. The summed E-state index contributed by atoms with van der Waals surface area (Å²) in [5, 5.41) is 0. The molecule has 1 aromatic rings. The second-order valence-electron chi connectivity index (χ2n) is 3.52. The van der Waals surface area contributed by atoms with Crippen LogP contribution in [-0.2, 0) is 0 Å². The van der Waals surface area contributed by atoms with Gasteiger partial charge in [-0.3, -0.25) is 4.79 Å². The summed E-state index contributed by atoms with van der Waals surface area (Å²) in [5.74, 6) is 0.0874. The zero-order valence-electron chi connectivity index (χ0n) is 9.22. The van der Waals surface area contributed by atoms with Gasteiger partial charge in [-0.05, 0) is 34.8 Å². The molecule has 1 amide bonds. The van der Waals surface area contributed by atoms with Gasteiger partial charge in [-0.2, -0.15) is 0 Å². The molecule has 0 unspecified atom stereocenters. The standard InChI is InChI=1S/C11H17BrN2O/c1-3-5-14(6-4-2)11(15)10-7-9(12)8-13-10/h7-8,13H,3-6H2,1-2H3. The van der Waals surface area contributed by atoms with Crippen LogP contribution in [-0.4, -0.2) is 28.9 Å². The van der Waals surface area contributed by atoms with Crippen molar-refractivity contribution in [3.05, 3.63) is 22.4 Å². The average Bonchev–Trinajstić information content (AvgIpc) is 2.63. The Bertz CT molecular complexity index is 316. The first kappa shape index (κ1) is 12.3. The smallest absolute Gasteiger partial charge is 0.270 e. The highest BCUT2D eigenvalue weighted by Crippen LogP contribution is 2.12. The van der Waals surface area contributed by atoms with Crippen LogP contribution in [0.4, 0.5) is 0 Å². The fourth-order valence-corrected chi connectivity index (χ4v) is 1.86. The van der Waals surface area contributed by atoms with E-state index in [9.17, 15) is 4.79 Å². The highest BCUT2D eigenvalue weighted by molar-refractivity contribution is 9.10. The summed E-state index contributed by atoms with van der Waals surface area (Å²) in [6.07, 6.45) is 3.77. The highest BCUT2D eigenvalue weighted by atomic mass is 79.9. The third kappa shape index (κ3) is 3.38. The quantitative estimate of drug-likeness (QED) is 0.879. The Balaban J connectivity index is 2.71. The fourth-order valence-electron chi connectivity index (χ4n) is 1.52. The lowest BCUT2D eigenvalue weighted by Crippen LogP contribution is -2.32. The van der Waals surface area contributed by atoms with E-state index in [1.807, 2.05) is 11.0 Å². The fraction of sp³-hybridized carbons (Fsp3) is 0.545. The summed E-state index contributed by atoms with van der Waals surface area (Å²) in [5.41, 5.74) is 0.656. The maximum absolute atomic E-state index is 12.0. The second kappa shape index (κ2) is 5.95. The van der Waals surface area contributed by atoms with E-state index in [-0.39, 0.29) is 5.91 Å². The van der Waals surface area contributed by atoms with Gasteiger partial charge in [0.25, 0.3) is 5.91 Å². The van der Waals surface area contributed by atoms with Crippen molar-refractivity contribution in [1.29, 1.82) is 0 Å². The van der Waals surface area contributed by atoms with Gasteiger partial charge in [0.1, 0.15) is 5.69 Å². The van der Waals surface area contributed by atoms with Gasteiger partial charge in [-0.25, -0.2) is 0 Å². The number of hydrogen-bond donors (Lipinski definition) is 1. The number of amides is 1. The molecule has 0 aliphatic heterocycles. The Labute approximate surface area is 99.0 Å². The molecule has 1 rings (SSSR count). The van der Waals surface area contributed by atoms with E-state index >= 15 is 0 Å². The van der Waals surface area contributed by atoms with Gasteiger partial charge in [-0.1, -0.05) is 13.8 Å². The number of hydrogen-bond acceptors (Lipinski definition) is 1. The zero-order valence-corrected chi connectivity index (χ0v) is 10.8. The van der Waals surface area contributed by atoms with Crippen molar-refractivity contribution in [3.8, 4) is 0 Å². The van der Waals surface area contributed by atoms with Crippen LogP contribution in [0.1, 0.15) is 37.2 Å². The molecule has 0 aromatic carbocycles. The molecule has 1 heterocycles. The van der Waals surface area contributed by atoms with E-state index in [1.54, 1.807) is 6.20 Å². The first-order chi connectivity index (χ1) is 7.19. The third-order valence-corrected chi connectivity index (χ3v) is 2.61. The summed E-state index contributed by atoms with van der Waals surface area (Å²) < 4.78 is 0.916. The molecule has 0 radical (unpaired) electrons. The molecule has 3 nitrogen and oxygen atoms in total. The number of carbonyl (C=O) groups excluding carboxylic acids is 1. The molecule has 0 spiro atoms. The van der Waals surface area contributed by atoms with E-state index < -0.39 is 0 Å². The Morgan fingerprint density at radius 1 is 1.40 bits per heavy atom. The maximum atomic E-state index is 12.0. The van der Waals surface area contributed by atoms with Gasteiger partial charge in [-0.15, -0.1) is 0 Å². The van der Waals surface area contributed by atoms with Gasteiger partial charge in [0.15, 0.2) is 0 Å². The van der Waals surface area contributed by atoms with Crippen LogP contribution in [0.3, 0.4) is 0 Å². The van der Waals surface area contributed by atoms with Crippen molar-refractivity contribution in [2.24, 2.45) is 0 Å². The maximum Gasteiger partial charge on any atom is 0.270 e. The molecule has 4 heteroatoms. The van der Waals surface area contributed by atoms with Crippen molar-refractivity contribution >= 4 is 21.8 Å². The Kier molecular flexibility index (Phi) is 4.88. The van der Waals surface area contributed by atoms with Gasteiger partial charge in [0.05, 0.1) is 0 Å². The summed E-state index contributed by atoms with van der Waals surface area (Å²) in [6, 6.07) is 1.82. The van der Waals surface area contributed by atoms with Crippen molar-refractivity contribution in [3.63, 3.8) is 0 Å². The Morgan fingerprint density at radius 3 is 2.40 bits per heavy atom. The second-order valence-corrected chi connectivity index (χ2v) is 4.44. The lowest BCUT2D eigenvalue weighted by Gasteiger charge is -2.20. The number of aromatic nitrogens is 1. The molecule has 15 heavy (non-hydrogen) atoms.